The SMILES string of the molecule is Cc1cc(C)cc(C(=O)NCc2ccnc(-c3cccnc3)c2)c1. The average molecular weight is 317 g/mol. The molecule has 4 heteroatoms. The molecule has 0 unspecified atom stereocenters. The number of rotatable bonds is 4. The fourth-order valence-corrected chi connectivity index (χ4v) is 2.65. The summed E-state index contributed by atoms with van der Waals surface area (Å²) in [6.07, 6.45) is 5.26. The van der Waals surface area contributed by atoms with Crippen molar-refractivity contribution in [1.29, 1.82) is 0 Å². The van der Waals surface area contributed by atoms with Crippen LogP contribution in [0.1, 0.15) is 27.0 Å². The first-order chi connectivity index (χ1) is 11.6. The monoisotopic (exact) mass is 317 g/mol. The first-order valence-corrected chi connectivity index (χ1v) is 7.83. The highest BCUT2D eigenvalue weighted by Crippen LogP contribution is 2.16. The van der Waals surface area contributed by atoms with Crippen LogP contribution in [0.25, 0.3) is 11.3 Å². The maximum absolute atomic E-state index is 12.3. The maximum Gasteiger partial charge on any atom is 0.251 e. The molecule has 2 aromatic heterocycles. The van der Waals surface area contributed by atoms with E-state index in [1.165, 1.54) is 0 Å². The van der Waals surface area contributed by atoms with Crippen LogP contribution in [0.4, 0.5) is 0 Å². The molecule has 24 heavy (non-hydrogen) atoms. The number of amides is 1. The van der Waals surface area contributed by atoms with Crippen molar-refractivity contribution < 1.29 is 4.79 Å². The van der Waals surface area contributed by atoms with Crippen molar-refractivity contribution in [3.8, 4) is 11.3 Å². The van der Waals surface area contributed by atoms with Crippen LogP contribution in [0.5, 0.6) is 0 Å². The molecule has 0 atom stereocenters. The van der Waals surface area contributed by atoms with Gasteiger partial charge in [-0.3, -0.25) is 14.8 Å². The number of carbonyl (C=O) groups excluding carboxylic acids is 1. The van der Waals surface area contributed by atoms with Gasteiger partial charge in [-0.25, -0.2) is 0 Å². The normalized spacial score (nSPS) is 10.4. The topological polar surface area (TPSA) is 54.9 Å². The molecule has 0 aliphatic carbocycles. The number of benzene rings is 1. The fourth-order valence-electron chi connectivity index (χ4n) is 2.65. The summed E-state index contributed by atoms with van der Waals surface area (Å²) in [5.74, 6) is -0.0680. The first kappa shape index (κ1) is 15.9. The summed E-state index contributed by atoms with van der Waals surface area (Å²) in [6, 6.07) is 13.6. The Morgan fingerprint density at radius 3 is 2.54 bits per heavy atom. The molecular weight excluding hydrogens is 298 g/mol. The second-order valence-electron chi connectivity index (χ2n) is 5.85. The molecule has 0 bridgehead atoms. The predicted octanol–water partition coefficient (Wildman–Crippen LogP) is 3.69. The number of hydrogen-bond acceptors (Lipinski definition) is 3. The lowest BCUT2D eigenvalue weighted by molar-refractivity contribution is 0.0950. The Balaban J connectivity index is 1.72. The quantitative estimate of drug-likeness (QED) is 0.798. The van der Waals surface area contributed by atoms with Gasteiger partial charge >= 0.3 is 0 Å². The van der Waals surface area contributed by atoms with E-state index < -0.39 is 0 Å². The van der Waals surface area contributed by atoms with E-state index in [1.54, 1.807) is 18.6 Å². The van der Waals surface area contributed by atoms with Crippen molar-refractivity contribution >= 4 is 5.91 Å². The van der Waals surface area contributed by atoms with Crippen LogP contribution in [-0.2, 0) is 6.54 Å². The zero-order valence-corrected chi connectivity index (χ0v) is 13.8. The zero-order valence-electron chi connectivity index (χ0n) is 13.8. The van der Waals surface area contributed by atoms with Crippen LogP contribution in [-0.4, -0.2) is 15.9 Å². The largest absolute Gasteiger partial charge is 0.348 e. The third kappa shape index (κ3) is 3.84. The summed E-state index contributed by atoms with van der Waals surface area (Å²) in [5.41, 5.74) is 5.67. The van der Waals surface area contributed by atoms with E-state index in [-0.39, 0.29) is 5.91 Å². The third-order valence-electron chi connectivity index (χ3n) is 3.72. The second kappa shape index (κ2) is 7.04. The van der Waals surface area contributed by atoms with Crippen LogP contribution in [0.3, 0.4) is 0 Å². The first-order valence-electron chi connectivity index (χ1n) is 7.83. The van der Waals surface area contributed by atoms with E-state index in [2.05, 4.69) is 21.4 Å². The number of nitrogens with zero attached hydrogens (tertiary/aromatic N) is 2. The molecule has 0 saturated heterocycles. The van der Waals surface area contributed by atoms with Crippen LogP contribution >= 0.6 is 0 Å². The standard InChI is InChI=1S/C20H19N3O/c1-14-8-15(2)10-18(9-14)20(24)23-12-16-5-7-22-19(11-16)17-4-3-6-21-13-17/h3-11,13H,12H2,1-2H3,(H,23,24). The molecule has 120 valence electrons. The molecule has 3 aromatic rings. The molecule has 0 radical (unpaired) electrons. The Hall–Kier alpha value is -3.01. The number of pyridine rings is 2. The summed E-state index contributed by atoms with van der Waals surface area (Å²) in [7, 11) is 0. The summed E-state index contributed by atoms with van der Waals surface area (Å²) >= 11 is 0. The highest BCUT2D eigenvalue weighted by molar-refractivity contribution is 5.94. The van der Waals surface area contributed by atoms with Crippen LogP contribution in [0.15, 0.2) is 61.1 Å². The Bertz CT molecular complexity index is 840. The van der Waals surface area contributed by atoms with Crippen molar-refractivity contribution in [2.75, 3.05) is 0 Å². The van der Waals surface area contributed by atoms with E-state index in [9.17, 15) is 4.79 Å². The molecule has 0 fully saturated rings. The van der Waals surface area contributed by atoms with Crippen molar-refractivity contribution in [3.05, 3.63) is 83.3 Å². The number of hydrogen-bond donors (Lipinski definition) is 1. The minimum atomic E-state index is -0.0680. The van der Waals surface area contributed by atoms with Gasteiger partial charge in [-0.15, -0.1) is 0 Å². The van der Waals surface area contributed by atoms with Crippen LogP contribution < -0.4 is 5.32 Å². The van der Waals surface area contributed by atoms with E-state index in [0.717, 1.165) is 27.9 Å². The van der Waals surface area contributed by atoms with Crippen molar-refractivity contribution in [2.24, 2.45) is 0 Å². The van der Waals surface area contributed by atoms with Gasteiger partial charge in [0.05, 0.1) is 5.69 Å². The van der Waals surface area contributed by atoms with Crippen LogP contribution in [0.2, 0.25) is 0 Å². The van der Waals surface area contributed by atoms with Gasteiger partial charge in [-0.1, -0.05) is 17.2 Å². The van der Waals surface area contributed by atoms with Crippen molar-refractivity contribution in [3.63, 3.8) is 0 Å². The van der Waals surface area contributed by atoms with Gasteiger partial charge in [0.1, 0.15) is 0 Å². The molecule has 4 nitrogen and oxygen atoms in total. The molecule has 0 aliphatic rings. The molecule has 1 aromatic carbocycles. The molecule has 0 saturated carbocycles. The maximum atomic E-state index is 12.3. The minimum absolute atomic E-state index is 0.0680. The number of aromatic nitrogens is 2. The number of carbonyl (C=O) groups is 1. The molecule has 1 N–H and O–H groups in total. The van der Waals surface area contributed by atoms with Crippen LogP contribution in [0, 0.1) is 13.8 Å². The second-order valence-corrected chi connectivity index (χ2v) is 5.85. The number of nitrogens with one attached hydrogen (secondary N) is 1. The van der Waals surface area contributed by atoms with Gasteiger partial charge in [0.15, 0.2) is 0 Å². The van der Waals surface area contributed by atoms with E-state index in [0.29, 0.717) is 12.1 Å². The highest BCUT2D eigenvalue weighted by atomic mass is 16.1. The molecular formula is C20H19N3O. The minimum Gasteiger partial charge on any atom is -0.348 e. The van der Waals surface area contributed by atoms with E-state index in [4.69, 9.17) is 0 Å². The molecule has 1 amide bonds. The lowest BCUT2D eigenvalue weighted by atomic mass is 10.1. The molecule has 3 rings (SSSR count). The highest BCUT2D eigenvalue weighted by Gasteiger charge is 2.07. The Labute approximate surface area is 141 Å². The fraction of sp³-hybridized carbons (Fsp3) is 0.150. The molecule has 0 aliphatic heterocycles. The summed E-state index contributed by atoms with van der Waals surface area (Å²) in [5, 5.41) is 2.97. The average Bonchev–Trinajstić information content (AvgIpc) is 2.60. The van der Waals surface area contributed by atoms with Gasteiger partial charge in [-0.05, 0) is 55.8 Å². The lowest BCUT2D eigenvalue weighted by Crippen LogP contribution is -2.23. The Kier molecular flexibility index (Phi) is 4.66. The zero-order chi connectivity index (χ0) is 16.9. The molecule has 0 spiro atoms. The lowest BCUT2D eigenvalue weighted by Gasteiger charge is -2.08. The predicted molar refractivity (Wildman–Crippen MR) is 94.6 cm³/mol. The molecule has 2 heterocycles. The Morgan fingerprint density at radius 1 is 1.04 bits per heavy atom. The van der Waals surface area contributed by atoms with E-state index >= 15 is 0 Å². The van der Waals surface area contributed by atoms with Gasteiger partial charge in [0, 0.05) is 36.3 Å². The van der Waals surface area contributed by atoms with Crippen molar-refractivity contribution in [2.45, 2.75) is 20.4 Å². The van der Waals surface area contributed by atoms with Gasteiger partial charge in [0.2, 0.25) is 0 Å². The smallest absolute Gasteiger partial charge is 0.251 e. The van der Waals surface area contributed by atoms with Gasteiger partial charge < -0.3 is 5.32 Å². The Morgan fingerprint density at radius 2 is 1.83 bits per heavy atom. The van der Waals surface area contributed by atoms with Gasteiger partial charge in [0.25, 0.3) is 5.91 Å². The van der Waals surface area contributed by atoms with Crippen molar-refractivity contribution in [1.82, 2.24) is 15.3 Å². The number of aryl methyl sites for hydroxylation is 2. The summed E-state index contributed by atoms with van der Waals surface area (Å²) < 4.78 is 0. The summed E-state index contributed by atoms with van der Waals surface area (Å²) in [6.45, 7) is 4.45. The van der Waals surface area contributed by atoms with E-state index in [1.807, 2.05) is 50.2 Å². The van der Waals surface area contributed by atoms with Gasteiger partial charge in [-0.2, -0.15) is 0 Å². The summed E-state index contributed by atoms with van der Waals surface area (Å²) in [4.78, 5) is 20.8. The third-order valence-corrected chi connectivity index (χ3v) is 3.72.